The third kappa shape index (κ3) is 5.46. The van der Waals surface area contributed by atoms with Gasteiger partial charge in [-0.15, -0.1) is 0 Å². The summed E-state index contributed by atoms with van der Waals surface area (Å²) < 4.78 is 0.965. The normalized spacial score (nSPS) is 11.5. The lowest BCUT2D eigenvalue weighted by atomic mass is 10.2. The number of anilines is 1. The monoisotopic (exact) mass is 440 g/mol. The third-order valence-corrected chi connectivity index (χ3v) is 4.54. The standard InChI is InChI=1S/C18H19BrCl2N4/c1-24(2)11-23-18-16(20)7-13(8-17(18)21)22-10-12-5-6-14(25(3)4)9-15(12)19/h5-11H,1-4H3. The number of rotatable bonds is 5. The predicted molar refractivity (Wildman–Crippen MR) is 114 cm³/mol. The molecule has 0 N–H and O–H groups in total. The number of benzene rings is 2. The number of hydrogen-bond acceptors (Lipinski definition) is 3. The molecule has 0 aromatic heterocycles. The highest BCUT2D eigenvalue weighted by Crippen LogP contribution is 2.37. The van der Waals surface area contributed by atoms with Gasteiger partial charge in [0.05, 0.1) is 22.1 Å². The zero-order chi connectivity index (χ0) is 18.6. The van der Waals surface area contributed by atoms with Crippen LogP contribution in [-0.2, 0) is 0 Å². The molecule has 0 spiro atoms. The van der Waals surface area contributed by atoms with E-state index in [0.29, 0.717) is 21.4 Å². The first-order chi connectivity index (χ1) is 11.8. The van der Waals surface area contributed by atoms with Crippen LogP contribution in [0.3, 0.4) is 0 Å². The Kier molecular flexibility index (Phi) is 6.87. The van der Waals surface area contributed by atoms with Gasteiger partial charge < -0.3 is 9.80 Å². The van der Waals surface area contributed by atoms with Gasteiger partial charge in [-0.25, -0.2) is 4.99 Å². The first-order valence-electron chi connectivity index (χ1n) is 7.48. The topological polar surface area (TPSA) is 31.2 Å². The van der Waals surface area contributed by atoms with Gasteiger partial charge >= 0.3 is 0 Å². The Labute approximate surface area is 166 Å². The maximum atomic E-state index is 6.28. The van der Waals surface area contributed by atoms with Gasteiger partial charge in [-0.1, -0.05) is 45.2 Å². The summed E-state index contributed by atoms with van der Waals surface area (Å²) in [5.74, 6) is 0. The molecule has 0 heterocycles. The molecule has 0 atom stereocenters. The van der Waals surface area contributed by atoms with E-state index < -0.39 is 0 Å². The molecule has 0 saturated heterocycles. The third-order valence-electron chi connectivity index (χ3n) is 3.27. The lowest BCUT2D eigenvalue weighted by molar-refractivity contribution is 0.643. The summed E-state index contributed by atoms with van der Waals surface area (Å²) in [5.41, 5.74) is 3.28. The van der Waals surface area contributed by atoms with Crippen LogP contribution in [0.5, 0.6) is 0 Å². The Morgan fingerprint density at radius 1 is 0.960 bits per heavy atom. The molecule has 0 saturated carbocycles. The van der Waals surface area contributed by atoms with E-state index in [2.05, 4.69) is 25.9 Å². The fourth-order valence-corrected chi connectivity index (χ4v) is 3.01. The van der Waals surface area contributed by atoms with Gasteiger partial charge in [-0.3, -0.25) is 4.99 Å². The second-order valence-electron chi connectivity index (χ2n) is 5.82. The summed E-state index contributed by atoms with van der Waals surface area (Å²) in [5, 5.41) is 0.916. The van der Waals surface area contributed by atoms with Gasteiger partial charge in [0.15, 0.2) is 0 Å². The smallest absolute Gasteiger partial charge is 0.102 e. The van der Waals surface area contributed by atoms with E-state index in [1.807, 2.05) is 56.2 Å². The first kappa shape index (κ1) is 19.8. The molecule has 0 aliphatic carbocycles. The van der Waals surface area contributed by atoms with Crippen molar-refractivity contribution in [3.63, 3.8) is 0 Å². The maximum absolute atomic E-state index is 6.28. The van der Waals surface area contributed by atoms with Gasteiger partial charge in [0.25, 0.3) is 0 Å². The van der Waals surface area contributed by atoms with E-state index in [9.17, 15) is 0 Å². The van der Waals surface area contributed by atoms with Crippen molar-refractivity contribution >= 4 is 68.7 Å². The summed E-state index contributed by atoms with van der Waals surface area (Å²) in [6, 6.07) is 9.57. The number of halogens is 3. The minimum Gasteiger partial charge on any atom is -0.378 e. The van der Waals surface area contributed by atoms with Crippen LogP contribution in [0, 0.1) is 0 Å². The quantitative estimate of drug-likeness (QED) is 0.434. The molecule has 0 aliphatic heterocycles. The van der Waals surface area contributed by atoms with Crippen molar-refractivity contribution in [1.82, 2.24) is 4.90 Å². The second-order valence-corrected chi connectivity index (χ2v) is 7.49. The molecule has 7 heteroatoms. The first-order valence-corrected chi connectivity index (χ1v) is 9.03. The molecule has 25 heavy (non-hydrogen) atoms. The van der Waals surface area contributed by atoms with Crippen LogP contribution in [0.25, 0.3) is 0 Å². The number of aliphatic imine (C=N–C) groups is 2. The molecule has 2 aromatic carbocycles. The highest BCUT2D eigenvalue weighted by atomic mass is 79.9. The lowest BCUT2D eigenvalue weighted by Gasteiger charge is -2.13. The van der Waals surface area contributed by atoms with Crippen LogP contribution in [0.4, 0.5) is 17.1 Å². The molecule has 2 rings (SSSR count). The van der Waals surface area contributed by atoms with Crippen molar-refractivity contribution in [3.8, 4) is 0 Å². The minimum atomic E-state index is 0.458. The maximum Gasteiger partial charge on any atom is 0.102 e. The largest absolute Gasteiger partial charge is 0.378 e. The zero-order valence-electron chi connectivity index (χ0n) is 14.5. The van der Waals surface area contributed by atoms with Crippen molar-refractivity contribution in [1.29, 1.82) is 0 Å². The molecule has 0 radical (unpaired) electrons. The van der Waals surface area contributed by atoms with E-state index in [1.54, 1.807) is 24.7 Å². The summed E-state index contributed by atoms with van der Waals surface area (Å²) >= 11 is 16.1. The van der Waals surface area contributed by atoms with Gasteiger partial charge in [-0.05, 0) is 24.3 Å². The highest BCUT2D eigenvalue weighted by molar-refractivity contribution is 9.10. The van der Waals surface area contributed by atoms with Crippen LogP contribution < -0.4 is 4.90 Å². The molecule has 4 nitrogen and oxygen atoms in total. The van der Waals surface area contributed by atoms with Crippen LogP contribution in [0.2, 0.25) is 10.0 Å². The highest BCUT2D eigenvalue weighted by Gasteiger charge is 2.07. The van der Waals surface area contributed by atoms with E-state index in [4.69, 9.17) is 23.2 Å². The lowest BCUT2D eigenvalue weighted by Crippen LogP contribution is -2.08. The molecule has 2 aromatic rings. The SMILES string of the molecule is CN(C)C=Nc1c(Cl)cc(N=Cc2ccc(N(C)C)cc2Br)cc1Cl. The second kappa shape index (κ2) is 8.70. The average Bonchev–Trinajstić information content (AvgIpc) is 2.52. The predicted octanol–water partition coefficient (Wildman–Crippen LogP) is 5.79. The fraction of sp³-hybridized carbons (Fsp3) is 0.222. The molecule has 132 valence electrons. The van der Waals surface area contributed by atoms with E-state index in [1.165, 1.54) is 0 Å². The number of nitrogens with zero attached hydrogens (tertiary/aromatic N) is 4. The molecule has 0 aliphatic rings. The van der Waals surface area contributed by atoms with Crippen LogP contribution in [0.1, 0.15) is 5.56 Å². The Balaban J connectivity index is 2.27. The van der Waals surface area contributed by atoms with Crippen LogP contribution >= 0.6 is 39.1 Å². The Hall–Kier alpha value is -1.56. The van der Waals surface area contributed by atoms with Crippen molar-refractivity contribution in [2.75, 3.05) is 33.1 Å². The molecule has 0 amide bonds. The Morgan fingerprint density at radius 2 is 1.60 bits per heavy atom. The summed E-state index contributed by atoms with van der Waals surface area (Å²) in [6.45, 7) is 0. The van der Waals surface area contributed by atoms with Crippen molar-refractivity contribution in [3.05, 3.63) is 50.4 Å². The fourth-order valence-electron chi connectivity index (χ4n) is 1.97. The summed E-state index contributed by atoms with van der Waals surface area (Å²) in [6.07, 6.45) is 3.42. The summed E-state index contributed by atoms with van der Waals surface area (Å²) in [4.78, 5) is 12.6. The van der Waals surface area contributed by atoms with Gasteiger partial charge in [0, 0.05) is 50.1 Å². The molecular weight excluding hydrogens is 423 g/mol. The van der Waals surface area contributed by atoms with E-state index in [0.717, 1.165) is 15.7 Å². The Morgan fingerprint density at radius 3 is 2.12 bits per heavy atom. The van der Waals surface area contributed by atoms with Gasteiger partial charge in [0.2, 0.25) is 0 Å². The van der Waals surface area contributed by atoms with E-state index in [-0.39, 0.29) is 0 Å². The molecule has 0 bridgehead atoms. The van der Waals surface area contributed by atoms with Crippen LogP contribution in [0.15, 0.2) is 44.8 Å². The summed E-state index contributed by atoms with van der Waals surface area (Å²) in [7, 11) is 7.76. The average molecular weight is 442 g/mol. The number of hydrogen-bond donors (Lipinski definition) is 0. The van der Waals surface area contributed by atoms with Crippen molar-refractivity contribution < 1.29 is 0 Å². The van der Waals surface area contributed by atoms with Crippen molar-refractivity contribution in [2.45, 2.75) is 0 Å². The van der Waals surface area contributed by atoms with Gasteiger partial charge in [0.1, 0.15) is 5.69 Å². The molecule has 0 unspecified atom stereocenters. The van der Waals surface area contributed by atoms with Crippen molar-refractivity contribution in [2.24, 2.45) is 9.98 Å². The molecular formula is C18H19BrCl2N4. The van der Waals surface area contributed by atoms with E-state index >= 15 is 0 Å². The molecule has 0 fully saturated rings. The van der Waals surface area contributed by atoms with Crippen LogP contribution in [-0.4, -0.2) is 45.6 Å². The zero-order valence-corrected chi connectivity index (χ0v) is 17.6. The minimum absolute atomic E-state index is 0.458. The van der Waals surface area contributed by atoms with Gasteiger partial charge in [-0.2, -0.15) is 0 Å². The Bertz CT molecular complexity index is 794.